The van der Waals surface area contributed by atoms with Crippen molar-refractivity contribution in [2.75, 3.05) is 30.3 Å². The lowest BCUT2D eigenvalue weighted by atomic mass is 10.2. The van der Waals surface area contributed by atoms with Crippen LogP contribution in [0.1, 0.15) is 13.8 Å². The lowest BCUT2D eigenvalue weighted by Crippen LogP contribution is -2.13. The van der Waals surface area contributed by atoms with Crippen LogP contribution in [0.4, 0.5) is 15.8 Å². The minimum Gasteiger partial charge on any atom is -0.493 e. The first-order valence-electron chi connectivity index (χ1n) is 7.59. The number of anilines is 2. The second-order valence-electron chi connectivity index (χ2n) is 5.59. The van der Waals surface area contributed by atoms with Crippen molar-refractivity contribution in [1.82, 2.24) is 0 Å². The van der Waals surface area contributed by atoms with Gasteiger partial charge in [-0.25, -0.2) is 4.39 Å². The van der Waals surface area contributed by atoms with Crippen LogP contribution >= 0.6 is 0 Å². The van der Waals surface area contributed by atoms with E-state index in [1.165, 1.54) is 12.1 Å². The summed E-state index contributed by atoms with van der Waals surface area (Å²) in [5.41, 5.74) is 1.94. The molecule has 0 aliphatic carbocycles. The predicted octanol–water partition coefficient (Wildman–Crippen LogP) is 4.38. The van der Waals surface area contributed by atoms with Gasteiger partial charge in [-0.05, 0) is 42.3 Å². The van der Waals surface area contributed by atoms with Crippen LogP contribution in [-0.4, -0.2) is 19.7 Å². The number of ether oxygens (including phenoxy) is 1. The highest BCUT2D eigenvalue weighted by Gasteiger charge is 1.99. The molecule has 3 nitrogen and oxygen atoms in total. The molecule has 0 saturated heterocycles. The van der Waals surface area contributed by atoms with E-state index in [4.69, 9.17) is 4.74 Å². The van der Waals surface area contributed by atoms with Crippen molar-refractivity contribution in [3.63, 3.8) is 0 Å². The van der Waals surface area contributed by atoms with E-state index in [-0.39, 0.29) is 5.82 Å². The number of hydrogen-bond donors (Lipinski definition) is 2. The summed E-state index contributed by atoms with van der Waals surface area (Å²) in [5.74, 6) is 1.17. The molecule has 118 valence electrons. The van der Waals surface area contributed by atoms with Crippen molar-refractivity contribution >= 4 is 11.4 Å². The van der Waals surface area contributed by atoms with Crippen LogP contribution in [0.2, 0.25) is 0 Å². The van der Waals surface area contributed by atoms with Crippen LogP contribution in [-0.2, 0) is 0 Å². The van der Waals surface area contributed by atoms with Crippen LogP contribution in [0.15, 0.2) is 48.5 Å². The normalized spacial score (nSPS) is 10.5. The Labute approximate surface area is 131 Å². The molecule has 0 aliphatic heterocycles. The smallest absolute Gasteiger partial charge is 0.123 e. The summed E-state index contributed by atoms with van der Waals surface area (Å²) in [5, 5.41) is 6.57. The fourth-order valence-corrected chi connectivity index (χ4v) is 1.94. The zero-order chi connectivity index (χ0) is 15.8. The number of nitrogens with one attached hydrogen (secondary N) is 2. The molecule has 0 aromatic heterocycles. The summed E-state index contributed by atoms with van der Waals surface area (Å²) in [7, 11) is 0. The Hall–Kier alpha value is -2.23. The Kier molecular flexibility index (Phi) is 6.07. The largest absolute Gasteiger partial charge is 0.493 e. The van der Waals surface area contributed by atoms with E-state index in [1.54, 1.807) is 12.1 Å². The van der Waals surface area contributed by atoms with Gasteiger partial charge >= 0.3 is 0 Å². The van der Waals surface area contributed by atoms with E-state index in [1.807, 2.05) is 24.3 Å². The quantitative estimate of drug-likeness (QED) is 0.710. The Morgan fingerprint density at radius 3 is 2.32 bits per heavy atom. The fraction of sp³-hybridized carbons (Fsp3) is 0.333. The van der Waals surface area contributed by atoms with E-state index in [0.717, 1.165) is 36.8 Å². The van der Waals surface area contributed by atoms with E-state index < -0.39 is 0 Å². The summed E-state index contributed by atoms with van der Waals surface area (Å²) in [6, 6.07) is 14.3. The molecule has 2 rings (SSSR count). The third-order valence-corrected chi connectivity index (χ3v) is 3.04. The molecule has 2 aromatic rings. The average molecular weight is 302 g/mol. The number of rotatable bonds is 8. The monoisotopic (exact) mass is 302 g/mol. The van der Waals surface area contributed by atoms with Gasteiger partial charge in [-0.3, -0.25) is 0 Å². The Balaban J connectivity index is 1.74. The number of benzene rings is 2. The summed E-state index contributed by atoms with van der Waals surface area (Å²) in [6.45, 7) is 6.50. The molecule has 0 radical (unpaired) electrons. The molecular formula is C18H23FN2O. The molecule has 0 aliphatic rings. The molecule has 2 N–H and O–H groups in total. The van der Waals surface area contributed by atoms with Gasteiger partial charge in [0.05, 0.1) is 6.61 Å². The second kappa shape index (κ2) is 8.27. The van der Waals surface area contributed by atoms with Crippen molar-refractivity contribution < 1.29 is 9.13 Å². The van der Waals surface area contributed by atoms with Crippen LogP contribution < -0.4 is 15.4 Å². The lowest BCUT2D eigenvalue weighted by Gasteiger charge is -2.12. The third-order valence-electron chi connectivity index (χ3n) is 3.04. The molecule has 2 aromatic carbocycles. The van der Waals surface area contributed by atoms with Gasteiger partial charge in [0.1, 0.15) is 11.6 Å². The minimum absolute atomic E-state index is 0.220. The molecule has 0 saturated carbocycles. The highest BCUT2D eigenvalue weighted by Crippen LogP contribution is 2.17. The van der Waals surface area contributed by atoms with E-state index >= 15 is 0 Å². The maximum Gasteiger partial charge on any atom is 0.123 e. The van der Waals surface area contributed by atoms with Gasteiger partial charge < -0.3 is 15.4 Å². The van der Waals surface area contributed by atoms with Crippen LogP contribution in [0, 0.1) is 11.7 Å². The summed E-state index contributed by atoms with van der Waals surface area (Å²) in [6.07, 6.45) is 0. The van der Waals surface area contributed by atoms with Crippen LogP contribution in [0.5, 0.6) is 5.75 Å². The van der Waals surface area contributed by atoms with Gasteiger partial charge in [0.25, 0.3) is 0 Å². The first-order chi connectivity index (χ1) is 10.6. The molecule has 4 heteroatoms. The fourth-order valence-electron chi connectivity index (χ4n) is 1.94. The van der Waals surface area contributed by atoms with E-state index in [0.29, 0.717) is 5.92 Å². The molecule has 22 heavy (non-hydrogen) atoms. The van der Waals surface area contributed by atoms with Gasteiger partial charge in [-0.1, -0.05) is 19.9 Å². The molecule has 0 unspecified atom stereocenters. The summed E-state index contributed by atoms with van der Waals surface area (Å²) in [4.78, 5) is 0. The molecule has 0 spiro atoms. The average Bonchev–Trinajstić information content (AvgIpc) is 2.52. The lowest BCUT2D eigenvalue weighted by molar-refractivity contribution is 0.271. The molecule has 0 amide bonds. The highest BCUT2D eigenvalue weighted by molar-refractivity contribution is 5.48. The Bertz CT molecular complexity index is 570. The summed E-state index contributed by atoms with van der Waals surface area (Å²) < 4.78 is 18.5. The van der Waals surface area contributed by atoms with Gasteiger partial charge in [-0.2, -0.15) is 0 Å². The van der Waals surface area contributed by atoms with Crippen molar-refractivity contribution in [3.05, 3.63) is 54.3 Å². The number of hydrogen-bond acceptors (Lipinski definition) is 3. The van der Waals surface area contributed by atoms with E-state index in [2.05, 4.69) is 24.5 Å². The van der Waals surface area contributed by atoms with Crippen LogP contribution in [0.25, 0.3) is 0 Å². The molecule has 0 heterocycles. The minimum atomic E-state index is -0.220. The SMILES string of the molecule is CC(C)COc1cccc(NCCNc2ccc(F)cc2)c1. The van der Waals surface area contributed by atoms with Crippen molar-refractivity contribution in [1.29, 1.82) is 0 Å². The Morgan fingerprint density at radius 1 is 0.955 bits per heavy atom. The predicted molar refractivity (Wildman–Crippen MR) is 90.2 cm³/mol. The highest BCUT2D eigenvalue weighted by atomic mass is 19.1. The third kappa shape index (κ3) is 5.64. The molecule has 0 atom stereocenters. The van der Waals surface area contributed by atoms with Gasteiger partial charge in [-0.15, -0.1) is 0 Å². The van der Waals surface area contributed by atoms with Crippen molar-refractivity contribution in [3.8, 4) is 5.75 Å². The van der Waals surface area contributed by atoms with Crippen molar-refractivity contribution in [2.45, 2.75) is 13.8 Å². The molecule has 0 fully saturated rings. The second-order valence-corrected chi connectivity index (χ2v) is 5.59. The van der Waals surface area contributed by atoms with Gasteiger partial charge in [0, 0.05) is 30.5 Å². The number of halogens is 1. The molecular weight excluding hydrogens is 279 g/mol. The maximum absolute atomic E-state index is 12.8. The zero-order valence-corrected chi connectivity index (χ0v) is 13.1. The van der Waals surface area contributed by atoms with Gasteiger partial charge in [0.15, 0.2) is 0 Å². The first-order valence-corrected chi connectivity index (χ1v) is 7.59. The van der Waals surface area contributed by atoms with Crippen molar-refractivity contribution in [2.24, 2.45) is 5.92 Å². The first kappa shape index (κ1) is 16.1. The molecule has 0 bridgehead atoms. The van der Waals surface area contributed by atoms with E-state index in [9.17, 15) is 4.39 Å². The standard InChI is InChI=1S/C18H23FN2O/c1-14(2)13-22-18-5-3-4-17(12-18)21-11-10-20-16-8-6-15(19)7-9-16/h3-9,12,14,20-21H,10-11,13H2,1-2H3. The topological polar surface area (TPSA) is 33.3 Å². The van der Waals surface area contributed by atoms with Crippen LogP contribution in [0.3, 0.4) is 0 Å². The van der Waals surface area contributed by atoms with Gasteiger partial charge in [0.2, 0.25) is 0 Å². The summed E-state index contributed by atoms with van der Waals surface area (Å²) >= 11 is 0. The zero-order valence-electron chi connectivity index (χ0n) is 13.1. The Morgan fingerprint density at radius 2 is 1.64 bits per heavy atom. The maximum atomic E-state index is 12.8.